The lowest BCUT2D eigenvalue weighted by Gasteiger charge is -2.30. The lowest BCUT2D eigenvalue weighted by Crippen LogP contribution is -2.42. The SMILES string of the molecule is CC[C@@H](O)[C@@H]1CCCN1.CC[C@H](O)[C@H]1CCCN1.C[C@@](O)(c1ccccc1)C1CCCN1.C[C@](O)(c1ccccc1)[C@H]1CCCN1.O[C@@H](c1ccccc1)[C@H]1CCCN1.O[C@H](c1ccccc1)C1CCCN1. The number of rotatable bonds is 12. The molecule has 2 unspecified atom stereocenters. The highest BCUT2D eigenvalue weighted by Crippen LogP contribution is 2.30. The molecule has 12 nitrogen and oxygen atoms in total. The summed E-state index contributed by atoms with van der Waals surface area (Å²) in [5, 5.41) is 79.2. The highest BCUT2D eigenvalue weighted by Gasteiger charge is 2.36. The van der Waals surface area contributed by atoms with Crippen LogP contribution >= 0.6 is 0 Å². The van der Waals surface area contributed by atoms with E-state index < -0.39 is 11.2 Å². The third kappa shape index (κ3) is 19.0. The van der Waals surface area contributed by atoms with Gasteiger partial charge in [0.05, 0.1) is 24.4 Å². The summed E-state index contributed by atoms with van der Waals surface area (Å²) in [7, 11) is 0. The quantitative estimate of drug-likeness (QED) is 0.0682. The van der Waals surface area contributed by atoms with E-state index in [9.17, 15) is 30.6 Å². The first kappa shape index (κ1) is 59.3. The van der Waals surface area contributed by atoms with Crippen LogP contribution in [0.2, 0.25) is 0 Å². The fourth-order valence-corrected chi connectivity index (χ4v) is 10.7. The van der Waals surface area contributed by atoms with E-state index in [1.54, 1.807) is 0 Å². The Morgan fingerprint density at radius 2 is 0.653 bits per heavy atom. The van der Waals surface area contributed by atoms with Crippen molar-refractivity contribution in [2.45, 2.75) is 189 Å². The summed E-state index contributed by atoms with van der Waals surface area (Å²) in [6, 6.07) is 41.2. The number of aliphatic hydroxyl groups excluding tert-OH is 4. The monoisotopic (exact) mass is 995 g/mol. The van der Waals surface area contributed by atoms with Crippen LogP contribution in [0.5, 0.6) is 0 Å². The molecule has 400 valence electrons. The van der Waals surface area contributed by atoms with Crippen molar-refractivity contribution in [3.8, 4) is 0 Å². The molecule has 12 atom stereocenters. The van der Waals surface area contributed by atoms with Crippen LogP contribution in [0.15, 0.2) is 121 Å². The smallest absolute Gasteiger partial charge is 0.102 e. The molecule has 6 aliphatic heterocycles. The van der Waals surface area contributed by atoms with Gasteiger partial charge < -0.3 is 62.5 Å². The molecular weight excluding hydrogens is 901 g/mol. The Morgan fingerprint density at radius 3 is 0.903 bits per heavy atom. The first-order chi connectivity index (χ1) is 34.9. The normalized spacial score (nSPS) is 26.6. The molecule has 6 heterocycles. The Morgan fingerprint density at radius 1 is 0.389 bits per heavy atom. The van der Waals surface area contributed by atoms with E-state index in [-0.39, 0.29) is 48.6 Å². The van der Waals surface area contributed by atoms with E-state index >= 15 is 0 Å². The number of hydrogen-bond donors (Lipinski definition) is 12. The number of benzene rings is 4. The van der Waals surface area contributed by atoms with E-state index in [0.29, 0.717) is 12.1 Å². The van der Waals surface area contributed by atoms with Crippen molar-refractivity contribution in [2.24, 2.45) is 0 Å². The van der Waals surface area contributed by atoms with Crippen molar-refractivity contribution in [3.63, 3.8) is 0 Å². The lowest BCUT2D eigenvalue weighted by atomic mass is 9.87. The van der Waals surface area contributed by atoms with Gasteiger partial charge in [-0.1, -0.05) is 135 Å². The average molecular weight is 995 g/mol. The van der Waals surface area contributed by atoms with E-state index in [2.05, 4.69) is 31.9 Å². The van der Waals surface area contributed by atoms with E-state index in [1.165, 1.54) is 25.7 Å². The highest BCUT2D eigenvalue weighted by molar-refractivity contribution is 5.25. The van der Waals surface area contributed by atoms with Gasteiger partial charge in [-0.15, -0.1) is 0 Å². The summed E-state index contributed by atoms with van der Waals surface area (Å²) in [5.41, 5.74) is 2.55. The lowest BCUT2D eigenvalue weighted by molar-refractivity contribution is 0.0215. The predicted molar refractivity (Wildman–Crippen MR) is 294 cm³/mol. The van der Waals surface area contributed by atoms with Gasteiger partial charge in [0.25, 0.3) is 0 Å². The van der Waals surface area contributed by atoms with Crippen molar-refractivity contribution in [2.75, 3.05) is 39.3 Å². The second-order valence-electron chi connectivity index (χ2n) is 20.8. The number of nitrogens with one attached hydrogen (secondary N) is 6. The molecule has 6 fully saturated rings. The van der Waals surface area contributed by atoms with Crippen LogP contribution in [0.1, 0.15) is 152 Å². The van der Waals surface area contributed by atoms with E-state index in [0.717, 1.165) is 126 Å². The molecule has 0 amide bonds. The number of hydrogen-bond acceptors (Lipinski definition) is 12. The van der Waals surface area contributed by atoms with Gasteiger partial charge in [0.2, 0.25) is 0 Å². The first-order valence-corrected chi connectivity index (χ1v) is 27.6. The second kappa shape index (κ2) is 32.0. The molecule has 0 saturated carbocycles. The Balaban J connectivity index is 0.000000162. The molecule has 12 heteroatoms. The molecule has 0 aliphatic carbocycles. The van der Waals surface area contributed by atoms with Gasteiger partial charge in [-0.3, -0.25) is 0 Å². The van der Waals surface area contributed by atoms with E-state index in [4.69, 9.17) is 0 Å². The van der Waals surface area contributed by atoms with Crippen LogP contribution in [0.4, 0.5) is 0 Å². The zero-order valence-corrected chi connectivity index (χ0v) is 44.1. The second-order valence-corrected chi connectivity index (χ2v) is 20.8. The summed E-state index contributed by atoms with van der Waals surface area (Å²) in [6.07, 6.45) is 14.5. The standard InChI is InChI=1S/2C12H17NO.2C11H15NO.2C7H15NO/c2*1-12(14,11-8-5-9-13-11)10-6-3-2-4-7-10;2*13-11(10-7-4-8-12-10)9-5-2-1-3-6-9;2*1-2-7(9)6-4-3-5-8-6/h2*2-4,6-7,11,13-14H,5,8-9H2,1H3;2*1-3,5-6,10-13H,4,7-8H2;2*6-9H,2-5H2,1H3/t11?,12-;11-,12+;10?,11-;10-,11+;2*6-,7+/m111110/s1. The van der Waals surface area contributed by atoms with Crippen LogP contribution in [0, 0.1) is 0 Å². The van der Waals surface area contributed by atoms with Crippen molar-refractivity contribution >= 4 is 0 Å². The maximum atomic E-state index is 10.4. The summed E-state index contributed by atoms with van der Waals surface area (Å²) >= 11 is 0. The summed E-state index contributed by atoms with van der Waals surface area (Å²) in [6.45, 7) is 14.1. The predicted octanol–water partition coefficient (Wildman–Crippen LogP) is 7.25. The fraction of sp³-hybridized carbons (Fsp3) is 0.600. The molecule has 6 saturated heterocycles. The molecule has 0 radical (unpaired) electrons. The van der Waals surface area contributed by atoms with Crippen molar-refractivity contribution in [1.29, 1.82) is 0 Å². The molecule has 6 aliphatic rings. The fourth-order valence-electron chi connectivity index (χ4n) is 10.7. The highest BCUT2D eigenvalue weighted by atomic mass is 16.3. The van der Waals surface area contributed by atoms with Gasteiger partial charge in [0, 0.05) is 36.3 Å². The zero-order valence-electron chi connectivity index (χ0n) is 44.1. The molecule has 0 bridgehead atoms. The Hall–Kier alpha value is -3.60. The molecule has 0 spiro atoms. The van der Waals surface area contributed by atoms with Crippen molar-refractivity contribution in [3.05, 3.63) is 144 Å². The topological polar surface area (TPSA) is 194 Å². The first-order valence-electron chi connectivity index (χ1n) is 27.6. The van der Waals surface area contributed by atoms with Gasteiger partial charge in [0.15, 0.2) is 0 Å². The van der Waals surface area contributed by atoms with Gasteiger partial charge in [-0.2, -0.15) is 0 Å². The number of aliphatic hydroxyl groups is 6. The Kier molecular flexibility index (Phi) is 26.3. The minimum Gasteiger partial charge on any atom is -0.392 e. The summed E-state index contributed by atoms with van der Waals surface area (Å²) in [5.74, 6) is 0. The van der Waals surface area contributed by atoms with Gasteiger partial charge >= 0.3 is 0 Å². The summed E-state index contributed by atoms with van der Waals surface area (Å²) < 4.78 is 0. The maximum Gasteiger partial charge on any atom is 0.102 e. The van der Waals surface area contributed by atoms with Gasteiger partial charge in [-0.05, 0) is 165 Å². The van der Waals surface area contributed by atoms with Crippen molar-refractivity contribution in [1.82, 2.24) is 31.9 Å². The van der Waals surface area contributed by atoms with Crippen LogP contribution in [-0.4, -0.2) is 118 Å². The van der Waals surface area contributed by atoms with Crippen molar-refractivity contribution < 1.29 is 30.6 Å². The molecule has 72 heavy (non-hydrogen) atoms. The molecular formula is C60H94N6O6. The van der Waals surface area contributed by atoms with Gasteiger partial charge in [-0.25, -0.2) is 0 Å². The Bertz CT molecular complexity index is 1810. The molecule has 0 aromatic heterocycles. The third-order valence-corrected chi connectivity index (χ3v) is 15.4. The minimum atomic E-state index is -0.738. The summed E-state index contributed by atoms with van der Waals surface area (Å²) in [4.78, 5) is 0. The Labute approximate surface area is 433 Å². The minimum absolute atomic E-state index is 0.118. The maximum absolute atomic E-state index is 10.4. The van der Waals surface area contributed by atoms with Crippen LogP contribution in [0.25, 0.3) is 0 Å². The third-order valence-electron chi connectivity index (χ3n) is 15.4. The molecule has 10 rings (SSSR count). The van der Waals surface area contributed by atoms with E-state index in [1.807, 2.05) is 149 Å². The van der Waals surface area contributed by atoms with Crippen LogP contribution < -0.4 is 31.9 Å². The largest absolute Gasteiger partial charge is 0.392 e. The molecule has 4 aromatic carbocycles. The molecule has 4 aromatic rings. The van der Waals surface area contributed by atoms with Crippen LogP contribution in [0.3, 0.4) is 0 Å². The zero-order chi connectivity index (χ0) is 51.6. The molecule has 12 N–H and O–H groups in total. The average Bonchev–Trinajstić information content (AvgIpc) is 4.29. The van der Waals surface area contributed by atoms with Gasteiger partial charge in [0.1, 0.15) is 11.2 Å². The van der Waals surface area contributed by atoms with Crippen LogP contribution in [-0.2, 0) is 11.2 Å².